The molecule has 8 heteroatoms. The first-order valence-electron chi connectivity index (χ1n) is 5.56. The minimum atomic E-state index is -1.04. The first kappa shape index (κ1) is 12.3. The Morgan fingerprint density at radius 3 is 2.61 bits per heavy atom. The third-order valence-electron chi connectivity index (χ3n) is 3.19. The summed E-state index contributed by atoms with van der Waals surface area (Å²) < 4.78 is 0. The minimum absolute atomic E-state index is 0.0963. The van der Waals surface area contributed by atoms with E-state index in [1.165, 1.54) is 4.90 Å². The third kappa shape index (κ3) is 2.13. The fourth-order valence-electron chi connectivity index (χ4n) is 2.21. The van der Waals surface area contributed by atoms with Gasteiger partial charge in [0.15, 0.2) is 0 Å². The molecule has 2 heterocycles. The fourth-order valence-corrected chi connectivity index (χ4v) is 2.21. The number of rotatable bonds is 3. The molecule has 2 fully saturated rings. The van der Waals surface area contributed by atoms with Crippen molar-refractivity contribution in [1.82, 2.24) is 15.5 Å². The normalized spacial score (nSPS) is 26.3. The first-order valence-corrected chi connectivity index (χ1v) is 5.56. The lowest BCUT2D eigenvalue weighted by Gasteiger charge is -2.20. The van der Waals surface area contributed by atoms with Crippen molar-refractivity contribution in [3.63, 3.8) is 0 Å². The maximum absolute atomic E-state index is 11.7. The number of urea groups is 1. The van der Waals surface area contributed by atoms with Crippen LogP contribution in [0, 0.1) is 0 Å². The van der Waals surface area contributed by atoms with Gasteiger partial charge in [0.05, 0.1) is 13.0 Å². The van der Waals surface area contributed by atoms with E-state index >= 15 is 0 Å². The van der Waals surface area contributed by atoms with Crippen LogP contribution >= 0.6 is 0 Å². The second kappa shape index (κ2) is 4.28. The topological polar surface area (TPSA) is 116 Å². The molecule has 0 aliphatic carbocycles. The zero-order chi connectivity index (χ0) is 13.3. The third-order valence-corrected chi connectivity index (χ3v) is 3.19. The molecule has 0 saturated carbocycles. The molecule has 18 heavy (non-hydrogen) atoms. The van der Waals surface area contributed by atoms with Gasteiger partial charge in [-0.3, -0.25) is 19.7 Å². The molecule has 8 nitrogen and oxygen atoms in total. The van der Waals surface area contributed by atoms with Crippen LogP contribution in [-0.4, -0.2) is 52.4 Å². The zero-order valence-corrected chi connectivity index (χ0v) is 9.56. The van der Waals surface area contributed by atoms with Crippen LogP contribution in [0.5, 0.6) is 0 Å². The lowest BCUT2D eigenvalue weighted by Crippen LogP contribution is -2.49. The van der Waals surface area contributed by atoms with Crippen LogP contribution in [-0.2, 0) is 14.4 Å². The Labute approximate surface area is 102 Å². The largest absolute Gasteiger partial charge is 0.481 e. The molecule has 0 radical (unpaired) electrons. The number of aliphatic carboxylic acids is 1. The average molecular weight is 255 g/mol. The van der Waals surface area contributed by atoms with Crippen LogP contribution in [0.15, 0.2) is 0 Å². The molecular formula is C10H13N3O5. The summed E-state index contributed by atoms with van der Waals surface area (Å²) in [4.78, 5) is 46.2. The number of nitrogens with one attached hydrogen (secondary N) is 2. The molecule has 0 aromatic rings. The highest BCUT2D eigenvalue weighted by Gasteiger charge is 2.51. The highest BCUT2D eigenvalue weighted by Crippen LogP contribution is 2.25. The average Bonchev–Trinajstić information content (AvgIpc) is 2.81. The van der Waals surface area contributed by atoms with Gasteiger partial charge in [0.25, 0.3) is 5.91 Å². The number of carboxylic acids is 1. The van der Waals surface area contributed by atoms with E-state index in [-0.39, 0.29) is 25.3 Å². The Morgan fingerprint density at radius 1 is 1.33 bits per heavy atom. The van der Waals surface area contributed by atoms with Gasteiger partial charge >= 0.3 is 12.0 Å². The van der Waals surface area contributed by atoms with Gasteiger partial charge in [-0.25, -0.2) is 4.79 Å². The van der Waals surface area contributed by atoms with Crippen molar-refractivity contribution in [3.8, 4) is 0 Å². The maximum atomic E-state index is 11.7. The van der Waals surface area contributed by atoms with Crippen molar-refractivity contribution in [2.75, 3.05) is 13.1 Å². The molecule has 2 saturated heterocycles. The number of hydrogen-bond acceptors (Lipinski definition) is 4. The second-order valence-corrected chi connectivity index (χ2v) is 4.45. The van der Waals surface area contributed by atoms with Gasteiger partial charge in [-0.05, 0) is 6.42 Å². The smallest absolute Gasteiger partial charge is 0.322 e. The monoisotopic (exact) mass is 255 g/mol. The Hall–Kier alpha value is -2.12. The van der Waals surface area contributed by atoms with E-state index in [0.29, 0.717) is 13.0 Å². The SMILES string of the molecule is O=C(O)CCC(=O)N1CCC2(C1)NC(=O)NC2=O. The summed E-state index contributed by atoms with van der Waals surface area (Å²) in [7, 11) is 0. The Bertz CT molecular complexity index is 435. The van der Waals surface area contributed by atoms with Gasteiger partial charge in [0.1, 0.15) is 5.54 Å². The van der Waals surface area contributed by atoms with E-state index < -0.39 is 23.4 Å². The van der Waals surface area contributed by atoms with Gasteiger partial charge in [-0.1, -0.05) is 0 Å². The number of nitrogens with zero attached hydrogens (tertiary/aromatic N) is 1. The molecule has 1 spiro atoms. The minimum Gasteiger partial charge on any atom is -0.481 e. The molecule has 4 amide bonds. The summed E-state index contributed by atoms with van der Waals surface area (Å²) in [6.45, 7) is 0.440. The summed E-state index contributed by atoms with van der Waals surface area (Å²) >= 11 is 0. The van der Waals surface area contributed by atoms with Crippen molar-refractivity contribution in [1.29, 1.82) is 0 Å². The number of likely N-dealkylation sites (tertiary alicyclic amines) is 1. The second-order valence-electron chi connectivity index (χ2n) is 4.45. The summed E-state index contributed by atoms with van der Waals surface area (Å²) in [6.07, 6.45) is 0.0191. The summed E-state index contributed by atoms with van der Waals surface area (Å²) in [5.41, 5.74) is -1.03. The number of carboxylic acid groups (broad SMARTS) is 1. The molecule has 0 aromatic heterocycles. The Kier molecular flexibility index (Phi) is 2.93. The molecule has 0 aromatic carbocycles. The Morgan fingerprint density at radius 2 is 2.06 bits per heavy atom. The summed E-state index contributed by atoms with van der Waals surface area (Å²) in [5, 5.41) is 13.2. The van der Waals surface area contributed by atoms with Crippen molar-refractivity contribution < 1.29 is 24.3 Å². The molecule has 0 bridgehead atoms. The number of carbonyl (C=O) groups excluding carboxylic acids is 3. The molecule has 2 aliphatic rings. The molecular weight excluding hydrogens is 242 g/mol. The summed E-state index contributed by atoms with van der Waals surface area (Å²) in [6, 6.07) is -0.556. The highest BCUT2D eigenvalue weighted by molar-refractivity contribution is 6.07. The Balaban J connectivity index is 1.96. The van der Waals surface area contributed by atoms with Crippen molar-refractivity contribution >= 4 is 23.8 Å². The number of carbonyl (C=O) groups is 4. The molecule has 2 aliphatic heterocycles. The van der Waals surface area contributed by atoms with E-state index in [1.54, 1.807) is 0 Å². The zero-order valence-electron chi connectivity index (χ0n) is 9.56. The van der Waals surface area contributed by atoms with E-state index in [0.717, 1.165) is 0 Å². The van der Waals surface area contributed by atoms with E-state index in [2.05, 4.69) is 10.6 Å². The maximum Gasteiger partial charge on any atom is 0.322 e. The predicted molar refractivity (Wildman–Crippen MR) is 57.5 cm³/mol. The lowest BCUT2D eigenvalue weighted by molar-refractivity contribution is -0.140. The van der Waals surface area contributed by atoms with Crippen LogP contribution in [0.3, 0.4) is 0 Å². The molecule has 1 atom stereocenters. The van der Waals surface area contributed by atoms with E-state index in [4.69, 9.17) is 5.11 Å². The lowest BCUT2D eigenvalue weighted by atomic mass is 9.99. The fraction of sp³-hybridized carbons (Fsp3) is 0.600. The molecule has 1 unspecified atom stereocenters. The molecule has 2 rings (SSSR count). The van der Waals surface area contributed by atoms with Crippen molar-refractivity contribution in [2.45, 2.75) is 24.8 Å². The van der Waals surface area contributed by atoms with E-state index in [1.807, 2.05) is 0 Å². The van der Waals surface area contributed by atoms with Gasteiger partial charge in [-0.2, -0.15) is 0 Å². The van der Waals surface area contributed by atoms with E-state index in [9.17, 15) is 19.2 Å². The first-order chi connectivity index (χ1) is 8.43. The van der Waals surface area contributed by atoms with Crippen LogP contribution in [0.1, 0.15) is 19.3 Å². The predicted octanol–water partition coefficient (Wildman–Crippen LogP) is -1.34. The number of imide groups is 1. The van der Waals surface area contributed by atoms with Crippen molar-refractivity contribution in [3.05, 3.63) is 0 Å². The number of amides is 4. The van der Waals surface area contributed by atoms with Crippen LogP contribution in [0.4, 0.5) is 4.79 Å². The van der Waals surface area contributed by atoms with Gasteiger partial charge in [-0.15, -0.1) is 0 Å². The van der Waals surface area contributed by atoms with Gasteiger partial charge in [0.2, 0.25) is 5.91 Å². The summed E-state index contributed by atoms with van der Waals surface area (Å²) in [5.74, 6) is -1.78. The quantitative estimate of drug-likeness (QED) is 0.540. The van der Waals surface area contributed by atoms with Gasteiger partial charge in [0, 0.05) is 13.0 Å². The van der Waals surface area contributed by atoms with Gasteiger partial charge < -0.3 is 15.3 Å². The molecule has 98 valence electrons. The number of hydrogen-bond donors (Lipinski definition) is 3. The van der Waals surface area contributed by atoms with Crippen LogP contribution < -0.4 is 10.6 Å². The molecule has 3 N–H and O–H groups in total. The van der Waals surface area contributed by atoms with Crippen LogP contribution in [0.25, 0.3) is 0 Å². The highest BCUT2D eigenvalue weighted by atomic mass is 16.4. The standard InChI is InChI=1S/C10H13N3O5/c14-6(1-2-7(15)16)13-4-3-10(5-13)8(17)11-9(18)12-10/h1-5H2,(H,15,16)(H2,11,12,17,18). The van der Waals surface area contributed by atoms with Crippen molar-refractivity contribution in [2.24, 2.45) is 0 Å². The van der Waals surface area contributed by atoms with Crippen LogP contribution in [0.2, 0.25) is 0 Å².